The second-order valence-corrected chi connectivity index (χ2v) is 4.46. The van der Waals surface area contributed by atoms with Gasteiger partial charge >= 0.3 is 5.69 Å². The smallest absolute Gasteiger partial charge is 0.326 e. The molecule has 6 heteroatoms. The minimum Gasteiger partial charge on any atom is -0.470 e. The third-order valence-corrected chi connectivity index (χ3v) is 2.99. The maximum atomic E-state index is 11.5. The molecule has 1 aromatic heterocycles. The number of H-pyrrole nitrogens is 2. The zero-order chi connectivity index (χ0) is 13.2. The van der Waals surface area contributed by atoms with Crippen LogP contribution in [0.15, 0.2) is 39.9 Å². The molecule has 3 rings (SSSR count). The summed E-state index contributed by atoms with van der Waals surface area (Å²) in [7, 11) is 0. The van der Waals surface area contributed by atoms with Gasteiger partial charge in [0.05, 0.1) is 5.69 Å². The molecule has 1 aromatic carbocycles. The zero-order valence-electron chi connectivity index (χ0n) is 10.2. The number of fused-ring (bicyclic) bond motifs is 1. The summed E-state index contributed by atoms with van der Waals surface area (Å²) < 4.78 is 5.41. The number of hydrogen-bond acceptors (Lipinski definition) is 4. The Labute approximate surface area is 108 Å². The van der Waals surface area contributed by atoms with Gasteiger partial charge in [-0.1, -0.05) is 30.3 Å². The molecule has 0 fully saturated rings. The first-order valence-electron chi connectivity index (χ1n) is 5.97. The average Bonchev–Trinajstić information content (AvgIpc) is 2.39. The Bertz CT molecular complexity index is 690. The lowest BCUT2D eigenvalue weighted by molar-refractivity contribution is 0.0838. The summed E-state index contributed by atoms with van der Waals surface area (Å²) in [4.78, 5) is 29.5. The fourth-order valence-electron chi connectivity index (χ4n) is 2.15. The Balaban J connectivity index is 1.83. The molecule has 0 bridgehead atoms. The number of nitrogens with zero attached hydrogens (tertiary/aromatic N) is 1. The molecule has 0 spiro atoms. The van der Waals surface area contributed by atoms with Gasteiger partial charge in [0.25, 0.3) is 5.56 Å². The van der Waals surface area contributed by atoms with Crippen LogP contribution in [0.5, 0.6) is 5.75 Å². The fourth-order valence-corrected chi connectivity index (χ4v) is 2.15. The quantitative estimate of drug-likeness (QED) is 0.819. The lowest BCUT2D eigenvalue weighted by atomic mass is 10.2. The molecule has 0 radical (unpaired) electrons. The fraction of sp³-hybridized carbons (Fsp3) is 0.231. The van der Waals surface area contributed by atoms with Gasteiger partial charge in [0.15, 0.2) is 0 Å². The van der Waals surface area contributed by atoms with Crippen LogP contribution in [-0.2, 0) is 13.1 Å². The summed E-state index contributed by atoms with van der Waals surface area (Å²) in [5, 5.41) is 0. The van der Waals surface area contributed by atoms with Gasteiger partial charge in [-0.15, -0.1) is 0 Å². The Kier molecular flexibility index (Phi) is 2.92. The van der Waals surface area contributed by atoms with E-state index in [0.29, 0.717) is 25.5 Å². The van der Waals surface area contributed by atoms with Crippen LogP contribution in [0.25, 0.3) is 0 Å². The summed E-state index contributed by atoms with van der Waals surface area (Å²) in [6.07, 6.45) is 0. The van der Waals surface area contributed by atoms with Crippen LogP contribution < -0.4 is 16.0 Å². The summed E-state index contributed by atoms with van der Waals surface area (Å²) >= 11 is 0. The number of rotatable bonds is 2. The van der Waals surface area contributed by atoms with Crippen molar-refractivity contribution in [2.24, 2.45) is 0 Å². The number of aromatic nitrogens is 2. The molecule has 19 heavy (non-hydrogen) atoms. The van der Waals surface area contributed by atoms with E-state index in [-0.39, 0.29) is 5.75 Å². The van der Waals surface area contributed by atoms with Crippen LogP contribution in [0.1, 0.15) is 11.3 Å². The van der Waals surface area contributed by atoms with E-state index in [1.807, 2.05) is 35.2 Å². The molecule has 0 unspecified atom stereocenters. The maximum Gasteiger partial charge on any atom is 0.326 e. The number of benzene rings is 1. The van der Waals surface area contributed by atoms with E-state index in [0.717, 1.165) is 5.56 Å². The number of hydrogen-bond donors (Lipinski definition) is 2. The van der Waals surface area contributed by atoms with Gasteiger partial charge in [-0.25, -0.2) is 4.79 Å². The van der Waals surface area contributed by atoms with E-state index in [1.165, 1.54) is 0 Å². The van der Waals surface area contributed by atoms with Crippen molar-refractivity contribution in [1.29, 1.82) is 0 Å². The normalized spacial score (nSPS) is 14.7. The molecule has 98 valence electrons. The molecule has 6 nitrogen and oxygen atoms in total. The van der Waals surface area contributed by atoms with E-state index in [4.69, 9.17) is 4.74 Å². The van der Waals surface area contributed by atoms with Crippen molar-refractivity contribution >= 4 is 0 Å². The highest BCUT2D eigenvalue weighted by molar-refractivity contribution is 5.25. The third-order valence-electron chi connectivity index (χ3n) is 2.99. The van der Waals surface area contributed by atoms with Crippen LogP contribution in [0.3, 0.4) is 0 Å². The summed E-state index contributed by atoms with van der Waals surface area (Å²) in [6.45, 7) is 1.52. The average molecular weight is 259 g/mol. The van der Waals surface area contributed by atoms with Crippen molar-refractivity contribution in [3.05, 3.63) is 62.4 Å². The van der Waals surface area contributed by atoms with Crippen molar-refractivity contribution < 1.29 is 4.74 Å². The van der Waals surface area contributed by atoms with Crippen LogP contribution in [0.2, 0.25) is 0 Å². The summed E-state index contributed by atoms with van der Waals surface area (Å²) in [5.41, 5.74) is 0.699. The molecule has 2 N–H and O–H groups in total. The molecule has 2 aromatic rings. The lowest BCUT2D eigenvalue weighted by Gasteiger charge is -2.27. The van der Waals surface area contributed by atoms with Crippen LogP contribution in [0.4, 0.5) is 0 Å². The molecule has 0 saturated heterocycles. The van der Waals surface area contributed by atoms with E-state index in [9.17, 15) is 9.59 Å². The predicted molar refractivity (Wildman–Crippen MR) is 68.9 cm³/mol. The van der Waals surface area contributed by atoms with E-state index >= 15 is 0 Å². The van der Waals surface area contributed by atoms with Gasteiger partial charge in [-0.2, -0.15) is 0 Å². The minimum absolute atomic E-state index is 0.212. The first-order valence-corrected chi connectivity index (χ1v) is 5.97. The zero-order valence-corrected chi connectivity index (χ0v) is 10.2. The molecular formula is C13H13N3O3. The molecule has 0 aliphatic carbocycles. The van der Waals surface area contributed by atoms with Gasteiger partial charge in [0, 0.05) is 13.1 Å². The van der Waals surface area contributed by atoms with Crippen molar-refractivity contribution in [3.63, 3.8) is 0 Å². The maximum absolute atomic E-state index is 11.5. The van der Waals surface area contributed by atoms with Crippen LogP contribution in [0, 0.1) is 0 Å². The molecule has 2 heterocycles. The first-order chi connectivity index (χ1) is 9.22. The summed E-state index contributed by atoms with van der Waals surface area (Å²) in [5.74, 6) is 0.212. The van der Waals surface area contributed by atoms with Crippen LogP contribution >= 0.6 is 0 Å². The molecule has 0 saturated carbocycles. The van der Waals surface area contributed by atoms with Crippen molar-refractivity contribution in [1.82, 2.24) is 14.9 Å². The van der Waals surface area contributed by atoms with Crippen molar-refractivity contribution in [3.8, 4) is 5.75 Å². The van der Waals surface area contributed by atoms with Gasteiger partial charge in [-0.3, -0.25) is 14.7 Å². The Morgan fingerprint density at radius 3 is 2.74 bits per heavy atom. The monoisotopic (exact) mass is 259 g/mol. The van der Waals surface area contributed by atoms with E-state index in [2.05, 4.69) is 9.97 Å². The molecule has 0 amide bonds. The largest absolute Gasteiger partial charge is 0.470 e. The second-order valence-electron chi connectivity index (χ2n) is 4.46. The molecule has 1 aliphatic heterocycles. The highest BCUT2D eigenvalue weighted by Gasteiger charge is 2.21. The highest BCUT2D eigenvalue weighted by Crippen LogP contribution is 2.18. The van der Waals surface area contributed by atoms with Crippen molar-refractivity contribution in [2.45, 2.75) is 13.1 Å². The number of nitrogens with one attached hydrogen (secondary N) is 2. The van der Waals surface area contributed by atoms with Crippen LogP contribution in [-0.4, -0.2) is 21.6 Å². The summed E-state index contributed by atoms with van der Waals surface area (Å²) in [6, 6.07) is 9.95. The number of aromatic amines is 2. The molecule has 1 aliphatic rings. The third kappa shape index (κ3) is 2.43. The molecule has 0 atom stereocenters. The van der Waals surface area contributed by atoms with Crippen molar-refractivity contribution in [2.75, 3.05) is 6.73 Å². The SMILES string of the molecule is O=c1[nH]c2c(c(=O)[nH]1)OCN(Cc1ccccc1)C2. The topological polar surface area (TPSA) is 78.2 Å². The number of ether oxygens (including phenoxy) is 1. The predicted octanol–water partition coefficient (Wildman–Crippen LogP) is 0.415. The van der Waals surface area contributed by atoms with E-state index in [1.54, 1.807) is 0 Å². The van der Waals surface area contributed by atoms with E-state index < -0.39 is 11.2 Å². The minimum atomic E-state index is -0.506. The standard InChI is InChI=1S/C13H13N3O3/c17-12-11-10(14-13(18)15-12)7-16(8-19-11)6-9-4-2-1-3-5-9/h1-5H,6-8H2,(H2,14,15,17,18). The Morgan fingerprint density at radius 2 is 1.95 bits per heavy atom. The van der Waals surface area contributed by atoms with Gasteiger partial charge in [-0.05, 0) is 5.56 Å². The lowest BCUT2D eigenvalue weighted by Crippen LogP contribution is -2.37. The van der Waals surface area contributed by atoms with Gasteiger partial charge in [0.2, 0.25) is 5.75 Å². The van der Waals surface area contributed by atoms with Gasteiger partial charge < -0.3 is 9.72 Å². The first kappa shape index (κ1) is 11.7. The Hall–Kier alpha value is -2.34. The Morgan fingerprint density at radius 1 is 1.16 bits per heavy atom. The molecular weight excluding hydrogens is 246 g/mol. The highest BCUT2D eigenvalue weighted by atomic mass is 16.5. The second kappa shape index (κ2) is 4.74. The van der Waals surface area contributed by atoms with Gasteiger partial charge in [0.1, 0.15) is 6.73 Å².